The van der Waals surface area contributed by atoms with Gasteiger partial charge in [-0.15, -0.1) is 0 Å². The fraction of sp³-hybridized carbons (Fsp3) is 0.414. The minimum atomic E-state index is -2.76. The van der Waals surface area contributed by atoms with Crippen LogP contribution in [0.2, 0.25) is 0 Å². The molecular weight excluding hydrogens is 566 g/mol. The zero-order valence-electron chi connectivity index (χ0n) is 23.6. The molecule has 2 atom stereocenters. The van der Waals surface area contributed by atoms with Gasteiger partial charge in [-0.3, -0.25) is 15.2 Å². The molecule has 2 aromatic heterocycles. The molecule has 5 rings (SSSR count). The van der Waals surface area contributed by atoms with E-state index in [0.29, 0.717) is 46.1 Å². The maximum atomic E-state index is 13.6. The molecule has 0 aliphatic carbocycles. The summed E-state index contributed by atoms with van der Waals surface area (Å²) >= 11 is 1.13. The number of morpholine rings is 1. The van der Waals surface area contributed by atoms with Crippen molar-refractivity contribution in [2.45, 2.75) is 51.9 Å². The summed E-state index contributed by atoms with van der Waals surface area (Å²) < 4.78 is 38.6. The lowest BCUT2D eigenvalue weighted by Crippen LogP contribution is -2.54. The van der Waals surface area contributed by atoms with Gasteiger partial charge in [0.05, 0.1) is 47.5 Å². The predicted molar refractivity (Wildman–Crippen MR) is 152 cm³/mol. The number of likely N-dealkylation sites (tertiary alicyclic amines) is 1. The third-order valence-corrected chi connectivity index (χ3v) is 7.80. The second kappa shape index (κ2) is 11.6. The molecule has 0 saturated carbocycles. The zero-order valence-corrected chi connectivity index (χ0v) is 24.4. The summed E-state index contributed by atoms with van der Waals surface area (Å²) in [5.74, 6) is 0. The molecule has 10 nitrogen and oxygen atoms in total. The number of aryl methyl sites for hydroxylation is 1. The second-order valence-electron chi connectivity index (χ2n) is 11.1. The highest BCUT2D eigenvalue weighted by Gasteiger charge is 2.45. The maximum absolute atomic E-state index is 13.6. The summed E-state index contributed by atoms with van der Waals surface area (Å²) in [4.78, 5) is 38.5. The van der Waals surface area contributed by atoms with Gasteiger partial charge in [0, 0.05) is 24.3 Å². The van der Waals surface area contributed by atoms with E-state index in [1.54, 1.807) is 67.8 Å². The molecule has 1 aromatic carbocycles. The number of carbonyl (C=O) groups is 2. The number of nitriles is 1. The molecule has 0 radical (unpaired) electrons. The Kier molecular flexibility index (Phi) is 8.12. The van der Waals surface area contributed by atoms with Crippen LogP contribution in [0.5, 0.6) is 0 Å². The van der Waals surface area contributed by atoms with E-state index >= 15 is 0 Å². The molecule has 42 heavy (non-hydrogen) atoms. The lowest BCUT2D eigenvalue weighted by Gasteiger charge is -2.37. The summed E-state index contributed by atoms with van der Waals surface area (Å²) in [7, 11) is 0. The Bertz CT molecular complexity index is 1550. The number of nitrogens with zero attached hydrogens (tertiary/aromatic N) is 5. The number of thiazole rings is 1. The van der Waals surface area contributed by atoms with Gasteiger partial charge < -0.3 is 14.4 Å². The van der Waals surface area contributed by atoms with Crippen molar-refractivity contribution < 1.29 is 27.8 Å². The van der Waals surface area contributed by atoms with Crippen LogP contribution >= 0.6 is 11.3 Å². The molecule has 4 heterocycles. The van der Waals surface area contributed by atoms with E-state index in [9.17, 15) is 23.6 Å². The number of hydrogen-bond acceptors (Lipinski definition) is 8. The average molecular weight is 597 g/mol. The summed E-state index contributed by atoms with van der Waals surface area (Å²) in [5.41, 5.74) is 1.31. The number of amides is 3. The number of ether oxygens (including phenoxy) is 2. The molecule has 2 saturated heterocycles. The number of fused-ring (bicyclic) bond motifs is 1. The van der Waals surface area contributed by atoms with Crippen molar-refractivity contribution in [1.82, 2.24) is 19.8 Å². The van der Waals surface area contributed by atoms with Gasteiger partial charge in [0.25, 0.3) is 6.43 Å². The van der Waals surface area contributed by atoms with E-state index in [-0.39, 0.29) is 36.1 Å². The quantitative estimate of drug-likeness (QED) is 0.402. The molecular formula is C29H30F2N6O4S. The molecule has 2 fully saturated rings. The molecule has 220 valence electrons. The predicted octanol–water partition coefficient (Wildman–Crippen LogP) is 5.84. The Morgan fingerprint density at radius 3 is 2.69 bits per heavy atom. The van der Waals surface area contributed by atoms with E-state index in [0.717, 1.165) is 11.3 Å². The van der Waals surface area contributed by atoms with Crippen molar-refractivity contribution in [3.8, 4) is 27.8 Å². The third kappa shape index (κ3) is 6.34. The van der Waals surface area contributed by atoms with Gasteiger partial charge in [0.2, 0.25) is 0 Å². The number of hydrogen-bond donors (Lipinski definition) is 1. The fourth-order valence-corrected chi connectivity index (χ4v) is 5.97. The van der Waals surface area contributed by atoms with E-state index in [1.807, 2.05) is 0 Å². The first-order valence-corrected chi connectivity index (χ1v) is 14.2. The summed E-state index contributed by atoms with van der Waals surface area (Å²) in [6, 6.07) is 11.1. The standard InChI is InChI=1S/C29H30F2N6O4S/c1-16-10-19(12-20(33-16)25(30)31)24-23(18-7-5-6-17(11-18)13-32)34-26(42-24)35-27(38)36-14-21-22(15-36)40-9-8-37(21)28(39)41-29(2,3)4/h5-7,10-12,21-22,25H,8-9,14-15H2,1-4H3,(H,34,35,38)/t21-,22-/m0/s1. The Hall–Kier alpha value is -4.15. The number of halogens is 2. The summed E-state index contributed by atoms with van der Waals surface area (Å²) in [6.45, 7) is 8.23. The van der Waals surface area contributed by atoms with Gasteiger partial charge >= 0.3 is 12.1 Å². The van der Waals surface area contributed by atoms with Crippen LogP contribution in [-0.2, 0) is 9.47 Å². The summed E-state index contributed by atoms with van der Waals surface area (Å²) in [5, 5.41) is 12.5. The fourth-order valence-electron chi connectivity index (χ4n) is 5.01. The van der Waals surface area contributed by atoms with Gasteiger partial charge in [-0.2, -0.15) is 5.26 Å². The number of urea groups is 1. The van der Waals surface area contributed by atoms with Crippen LogP contribution in [0, 0.1) is 18.3 Å². The van der Waals surface area contributed by atoms with Crippen LogP contribution in [0.1, 0.15) is 44.1 Å². The Labute approximate surface area is 245 Å². The molecule has 2 aliphatic rings. The minimum Gasteiger partial charge on any atom is -0.444 e. The van der Waals surface area contributed by atoms with Crippen LogP contribution < -0.4 is 5.32 Å². The van der Waals surface area contributed by atoms with Crippen LogP contribution in [0.15, 0.2) is 36.4 Å². The highest BCUT2D eigenvalue weighted by molar-refractivity contribution is 7.19. The third-order valence-electron chi connectivity index (χ3n) is 6.78. The summed E-state index contributed by atoms with van der Waals surface area (Å²) in [6.07, 6.45) is -3.57. The average Bonchev–Trinajstić information content (AvgIpc) is 3.56. The molecule has 2 aliphatic heterocycles. The van der Waals surface area contributed by atoms with E-state index in [4.69, 9.17) is 9.47 Å². The lowest BCUT2D eigenvalue weighted by atomic mass is 10.0. The first-order valence-electron chi connectivity index (χ1n) is 13.4. The van der Waals surface area contributed by atoms with Crippen molar-refractivity contribution in [1.29, 1.82) is 5.26 Å². The highest BCUT2D eigenvalue weighted by Crippen LogP contribution is 2.40. The molecule has 1 N–H and O–H groups in total. The Morgan fingerprint density at radius 2 is 1.98 bits per heavy atom. The first kappa shape index (κ1) is 29.3. The first-order chi connectivity index (χ1) is 19.9. The number of alkyl halides is 2. The number of anilines is 1. The number of aromatic nitrogens is 2. The molecule has 0 bridgehead atoms. The molecule has 3 aromatic rings. The molecule has 0 spiro atoms. The normalized spacial score (nSPS) is 18.5. The second-order valence-corrected chi connectivity index (χ2v) is 12.1. The monoisotopic (exact) mass is 596 g/mol. The molecule has 3 amide bonds. The van der Waals surface area contributed by atoms with Crippen LogP contribution in [0.3, 0.4) is 0 Å². The van der Waals surface area contributed by atoms with Crippen molar-refractivity contribution in [3.05, 3.63) is 53.3 Å². The Morgan fingerprint density at radius 1 is 1.19 bits per heavy atom. The van der Waals surface area contributed by atoms with Gasteiger partial charge in [0.15, 0.2) is 5.13 Å². The van der Waals surface area contributed by atoms with Crippen LogP contribution in [-0.4, -0.2) is 75.9 Å². The number of rotatable bonds is 4. The van der Waals surface area contributed by atoms with E-state index in [1.165, 1.54) is 6.07 Å². The minimum absolute atomic E-state index is 0.242. The van der Waals surface area contributed by atoms with Crippen LogP contribution in [0.4, 0.5) is 23.5 Å². The smallest absolute Gasteiger partial charge is 0.410 e. The van der Waals surface area contributed by atoms with E-state index < -0.39 is 24.2 Å². The van der Waals surface area contributed by atoms with Crippen molar-refractivity contribution in [2.75, 3.05) is 31.6 Å². The van der Waals surface area contributed by atoms with Gasteiger partial charge in [-0.25, -0.2) is 23.4 Å². The van der Waals surface area contributed by atoms with E-state index in [2.05, 4.69) is 21.4 Å². The number of pyridine rings is 1. The molecule has 13 heteroatoms. The van der Waals surface area contributed by atoms with Gasteiger partial charge in [-0.1, -0.05) is 23.5 Å². The van der Waals surface area contributed by atoms with Crippen molar-refractivity contribution in [3.63, 3.8) is 0 Å². The largest absolute Gasteiger partial charge is 0.444 e. The van der Waals surface area contributed by atoms with Gasteiger partial charge in [0.1, 0.15) is 11.3 Å². The Balaban J connectivity index is 1.42. The highest BCUT2D eigenvalue weighted by atomic mass is 32.1. The number of nitrogens with one attached hydrogen (secondary N) is 1. The van der Waals surface area contributed by atoms with Crippen molar-refractivity contribution >= 4 is 28.6 Å². The number of carbonyl (C=O) groups excluding carboxylic acids is 2. The zero-order chi connectivity index (χ0) is 30.2. The topological polar surface area (TPSA) is 121 Å². The number of benzene rings is 1. The van der Waals surface area contributed by atoms with Crippen molar-refractivity contribution in [2.24, 2.45) is 0 Å². The van der Waals surface area contributed by atoms with Crippen LogP contribution in [0.25, 0.3) is 21.7 Å². The van der Waals surface area contributed by atoms with Gasteiger partial charge in [-0.05, 0) is 57.5 Å². The lowest BCUT2D eigenvalue weighted by molar-refractivity contribution is -0.0569. The SMILES string of the molecule is Cc1cc(-c2sc(NC(=O)N3C[C@@H]4OCCN(C(=O)OC(C)(C)C)[C@H]4C3)nc2-c2cccc(C#N)c2)cc(C(F)F)n1. The molecule has 0 unspecified atom stereocenters. The maximum Gasteiger partial charge on any atom is 0.410 e.